The maximum atomic E-state index is 7.57. The molecule has 2 aromatic heterocycles. The molecule has 0 aliphatic heterocycles. The summed E-state index contributed by atoms with van der Waals surface area (Å²) in [6.45, 7) is 7.57. The van der Waals surface area contributed by atoms with Gasteiger partial charge in [0.15, 0.2) is 23.2 Å². The second-order valence-electron chi connectivity index (χ2n) is 16.5. The highest BCUT2D eigenvalue weighted by atomic mass is 32.1. The molecule has 0 fully saturated rings. The number of hydrogen-bond donors (Lipinski definition) is 0. The quantitative estimate of drug-likeness (QED) is 0.162. The largest absolute Gasteiger partial charge is 0.238 e. The van der Waals surface area contributed by atoms with E-state index in [2.05, 4.69) is 163 Å². The van der Waals surface area contributed by atoms with Crippen molar-refractivity contribution < 1.29 is 0 Å². The third kappa shape index (κ3) is 5.30. The SMILES string of the molecule is [C-]#[N+]c1ccc2sc3c(-c4nc(-c5ccccc5)nc(-c5ccc(-c6ccc(-c7cccc8c7-c7ccccc7C87c8ccccc8-c8ccccc87)cc6)cc5)n4)cccc3c2c1. The lowest BCUT2D eigenvalue weighted by molar-refractivity contribution is 0.794. The summed E-state index contributed by atoms with van der Waals surface area (Å²) in [5.74, 6) is 1.85. The summed E-state index contributed by atoms with van der Waals surface area (Å²) < 4.78 is 2.22. The van der Waals surface area contributed by atoms with Gasteiger partial charge in [-0.25, -0.2) is 19.8 Å². The van der Waals surface area contributed by atoms with E-state index in [9.17, 15) is 0 Å². The summed E-state index contributed by atoms with van der Waals surface area (Å²) in [5, 5.41) is 2.17. The van der Waals surface area contributed by atoms with Gasteiger partial charge in [-0.2, -0.15) is 0 Å². The topological polar surface area (TPSA) is 43.0 Å². The van der Waals surface area contributed by atoms with E-state index in [1.807, 2.05) is 48.5 Å². The van der Waals surface area contributed by atoms with Crippen molar-refractivity contribution >= 4 is 37.2 Å². The predicted molar refractivity (Wildman–Crippen MR) is 262 cm³/mol. The molecule has 1 spiro atoms. The number of rotatable bonds is 5. The Labute approximate surface area is 374 Å². The highest BCUT2D eigenvalue weighted by Gasteiger charge is 2.51. The minimum Gasteiger partial charge on any atom is -0.238 e. The van der Waals surface area contributed by atoms with Gasteiger partial charge in [0.2, 0.25) is 0 Å². The number of aromatic nitrogens is 3. The molecule has 0 saturated heterocycles. The molecule has 64 heavy (non-hydrogen) atoms. The fraction of sp³-hybridized carbons (Fsp3) is 0.0169. The van der Waals surface area contributed by atoms with E-state index in [4.69, 9.17) is 21.5 Å². The lowest BCUT2D eigenvalue weighted by Crippen LogP contribution is -2.25. The molecule has 0 atom stereocenters. The van der Waals surface area contributed by atoms with Gasteiger partial charge < -0.3 is 0 Å². The predicted octanol–water partition coefficient (Wildman–Crippen LogP) is 15.5. The number of thiophene rings is 1. The van der Waals surface area contributed by atoms with Crippen LogP contribution in [0.2, 0.25) is 0 Å². The van der Waals surface area contributed by atoms with Crippen molar-refractivity contribution in [3.8, 4) is 78.7 Å². The summed E-state index contributed by atoms with van der Waals surface area (Å²) in [6.07, 6.45) is 0. The third-order valence-corrected chi connectivity index (χ3v) is 14.4. The first-order valence-corrected chi connectivity index (χ1v) is 22.3. The Balaban J connectivity index is 0.874. The summed E-state index contributed by atoms with van der Waals surface area (Å²) in [6, 6.07) is 73.6. The first-order valence-electron chi connectivity index (χ1n) is 21.5. The molecule has 5 heteroatoms. The van der Waals surface area contributed by atoms with Crippen molar-refractivity contribution in [3.63, 3.8) is 0 Å². The van der Waals surface area contributed by atoms with Crippen LogP contribution in [0.3, 0.4) is 0 Å². The Morgan fingerprint density at radius 3 is 1.55 bits per heavy atom. The molecule has 2 aliphatic rings. The van der Waals surface area contributed by atoms with Crippen LogP contribution in [-0.4, -0.2) is 15.0 Å². The van der Waals surface area contributed by atoms with E-state index in [0.717, 1.165) is 48.0 Å². The van der Waals surface area contributed by atoms with Gasteiger partial charge >= 0.3 is 0 Å². The number of fused-ring (bicyclic) bond motifs is 13. The van der Waals surface area contributed by atoms with E-state index in [1.54, 1.807) is 11.3 Å². The molecule has 0 amide bonds. The van der Waals surface area contributed by atoms with Crippen molar-refractivity contribution in [2.75, 3.05) is 0 Å². The van der Waals surface area contributed by atoms with Gasteiger partial charge in [-0.1, -0.05) is 194 Å². The molecule has 0 saturated carbocycles. The molecule has 0 unspecified atom stereocenters. The van der Waals surface area contributed by atoms with E-state index < -0.39 is 0 Å². The number of benzene rings is 9. The average molecular weight is 831 g/mol. The van der Waals surface area contributed by atoms with Crippen LogP contribution in [0, 0.1) is 6.57 Å². The second-order valence-corrected chi connectivity index (χ2v) is 17.6. The Hall–Kier alpha value is -8.30. The van der Waals surface area contributed by atoms with Crippen molar-refractivity contribution in [2.24, 2.45) is 0 Å². The first kappa shape index (κ1) is 36.4. The molecule has 296 valence electrons. The summed E-state index contributed by atoms with van der Waals surface area (Å²) in [4.78, 5) is 18.9. The van der Waals surface area contributed by atoms with Crippen LogP contribution in [0.4, 0.5) is 5.69 Å². The van der Waals surface area contributed by atoms with Crippen molar-refractivity contribution in [1.29, 1.82) is 0 Å². The van der Waals surface area contributed by atoms with Crippen LogP contribution >= 0.6 is 11.3 Å². The molecule has 4 nitrogen and oxygen atoms in total. The highest BCUT2D eigenvalue weighted by Crippen LogP contribution is 2.64. The van der Waals surface area contributed by atoms with Gasteiger partial charge in [-0.05, 0) is 89.7 Å². The lowest BCUT2D eigenvalue weighted by atomic mass is 9.70. The summed E-state index contributed by atoms with van der Waals surface area (Å²) >= 11 is 1.70. The van der Waals surface area contributed by atoms with E-state index in [0.29, 0.717) is 23.2 Å². The fourth-order valence-electron chi connectivity index (χ4n) is 10.4. The molecule has 0 bridgehead atoms. The zero-order chi connectivity index (χ0) is 42.4. The van der Waals surface area contributed by atoms with Gasteiger partial charge in [0.05, 0.1) is 12.0 Å². The zero-order valence-electron chi connectivity index (χ0n) is 34.3. The molecule has 9 aromatic carbocycles. The van der Waals surface area contributed by atoms with Crippen LogP contribution in [0.5, 0.6) is 0 Å². The fourth-order valence-corrected chi connectivity index (χ4v) is 11.6. The van der Waals surface area contributed by atoms with Gasteiger partial charge in [0.1, 0.15) is 0 Å². The van der Waals surface area contributed by atoms with Crippen molar-refractivity contribution in [2.45, 2.75) is 5.41 Å². The normalized spacial score (nSPS) is 12.8. The van der Waals surface area contributed by atoms with Gasteiger partial charge in [-0.15, -0.1) is 11.3 Å². The maximum absolute atomic E-state index is 7.57. The second kappa shape index (κ2) is 14.1. The molecule has 0 radical (unpaired) electrons. The Morgan fingerprint density at radius 2 is 0.875 bits per heavy atom. The highest BCUT2D eigenvalue weighted by molar-refractivity contribution is 7.26. The van der Waals surface area contributed by atoms with Crippen LogP contribution in [0.1, 0.15) is 22.3 Å². The van der Waals surface area contributed by atoms with Gasteiger partial charge in [0.25, 0.3) is 0 Å². The molecular weight excluding hydrogens is 797 g/mol. The summed E-state index contributed by atoms with van der Waals surface area (Å²) in [7, 11) is 0. The zero-order valence-corrected chi connectivity index (χ0v) is 35.1. The number of nitrogens with zero attached hydrogens (tertiary/aromatic N) is 4. The van der Waals surface area contributed by atoms with Crippen molar-refractivity contribution in [1.82, 2.24) is 15.0 Å². The molecule has 2 heterocycles. The Morgan fingerprint density at radius 1 is 0.375 bits per heavy atom. The van der Waals surface area contributed by atoms with Crippen LogP contribution in [-0.2, 0) is 5.41 Å². The molecule has 11 aromatic rings. The monoisotopic (exact) mass is 830 g/mol. The van der Waals surface area contributed by atoms with Crippen molar-refractivity contribution in [3.05, 3.63) is 240 Å². The van der Waals surface area contributed by atoms with Crippen LogP contribution in [0.15, 0.2) is 206 Å². The van der Waals surface area contributed by atoms with Gasteiger partial charge in [-0.3, -0.25) is 0 Å². The minimum absolute atomic E-state index is 0.367. The average Bonchev–Trinajstić information content (AvgIpc) is 4.00. The smallest absolute Gasteiger partial charge is 0.187 e. The third-order valence-electron chi connectivity index (χ3n) is 13.2. The van der Waals surface area contributed by atoms with E-state index in [-0.39, 0.29) is 5.41 Å². The van der Waals surface area contributed by atoms with Crippen LogP contribution in [0.25, 0.3) is 104 Å². The lowest BCUT2D eigenvalue weighted by Gasteiger charge is -2.30. The molecule has 13 rings (SSSR count). The van der Waals surface area contributed by atoms with Crippen LogP contribution < -0.4 is 0 Å². The molecule has 0 N–H and O–H groups in total. The standard InChI is InChI=1S/C59H34N4S/c1-60-41-33-34-53-48(35-41)45-19-11-20-47(55(45)64-53)58-62-56(39-13-3-2-4-14-39)61-57(63-58)40-31-27-37(28-32-40)36-25-29-38(30-26-36)42-18-12-24-52-54(42)46-17-7-10-23-51(46)59(52)49-21-8-5-15-43(49)44-16-6-9-22-50(44)59/h2-35H. The minimum atomic E-state index is -0.367. The molecule has 2 aliphatic carbocycles. The van der Waals surface area contributed by atoms with Gasteiger partial charge in [0, 0.05) is 26.1 Å². The Kier molecular flexibility index (Phi) is 8.02. The maximum Gasteiger partial charge on any atom is 0.187 e. The Bertz CT molecular complexity index is 3680. The van der Waals surface area contributed by atoms with E-state index >= 15 is 0 Å². The van der Waals surface area contributed by atoms with E-state index in [1.165, 1.54) is 55.6 Å². The molecular formula is C59H34N4S. The summed E-state index contributed by atoms with van der Waals surface area (Å²) in [5.41, 5.74) is 18.4. The number of hydrogen-bond acceptors (Lipinski definition) is 4. The first-order chi connectivity index (χ1) is 31.7.